The van der Waals surface area contributed by atoms with E-state index in [4.69, 9.17) is 0 Å². The molecule has 3 fully saturated rings. The Kier molecular flexibility index (Phi) is 14.9. The summed E-state index contributed by atoms with van der Waals surface area (Å²) in [7, 11) is -2.86. The second-order valence-corrected chi connectivity index (χ2v) is 18.5. The molecule has 3 aromatic rings. The van der Waals surface area contributed by atoms with Gasteiger partial charge in [0.15, 0.2) is 27.2 Å². The van der Waals surface area contributed by atoms with Gasteiger partial charge in [0.05, 0.1) is 39.2 Å². The van der Waals surface area contributed by atoms with E-state index in [1.807, 2.05) is 62.1 Å². The summed E-state index contributed by atoms with van der Waals surface area (Å²) in [4.78, 5) is 46.0. The van der Waals surface area contributed by atoms with E-state index in [-0.39, 0.29) is 23.1 Å². The summed E-state index contributed by atoms with van der Waals surface area (Å²) in [5, 5.41) is 6.60. The van der Waals surface area contributed by atoms with E-state index in [1.165, 1.54) is 21.1 Å². The summed E-state index contributed by atoms with van der Waals surface area (Å²) in [6, 6.07) is 11.7. The van der Waals surface area contributed by atoms with Crippen LogP contribution in [0.5, 0.6) is 0 Å². The molecule has 47 heavy (non-hydrogen) atoms. The summed E-state index contributed by atoms with van der Waals surface area (Å²) in [6.07, 6.45) is 3.04. The van der Waals surface area contributed by atoms with Gasteiger partial charge in [-0.05, 0) is 89.0 Å². The van der Waals surface area contributed by atoms with Crippen molar-refractivity contribution in [3.63, 3.8) is 0 Å². The van der Waals surface area contributed by atoms with Crippen LogP contribution in [0.2, 0.25) is 0 Å². The number of hydrogen-bond acceptors (Lipinski definition) is 12. The second kappa shape index (κ2) is 18.6. The SMILES string of the molecule is Cc1ccc(C(=O)CC2CCNCC2)s1.Cc1ccc(C(=O)CN2CCNCC2)s1.Cc1ccc(C(=O)CN2CCS(=O)(=O)CC2)s1. The molecule has 6 rings (SSSR count). The Labute approximate surface area is 291 Å². The van der Waals surface area contributed by atoms with Crippen molar-refractivity contribution in [2.45, 2.75) is 40.0 Å². The quantitative estimate of drug-likeness (QED) is 0.303. The Bertz CT molecular complexity index is 1480. The number of hydrogen-bond donors (Lipinski definition) is 2. The third-order valence-electron chi connectivity index (χ3n) is 8.36. The molecule has 0 atom stereocenters. The normalized spacial score (nSPS) is 18.8. The zero-order valence-electron chi connectivity index (χ0n) is 27.7. The highest BCUT2D eigenvalue weighted by atomic mass is 32.2. The van der Waals surface area contributed by atoms with Gasteiger partial charge in [-0.15, -0.1) is 34.0 Å². The summed E-state index contributed by atoms with van der Waals surface area (Å²) in [5.41, 5.74) is 0. The van der Waals surface area contributed by atoms with E-state index >= 15 is 0 Å². The van der Waals surface area contributed by atoms with Gasteiger partial charge in [-0.1, -0.05) is 0 Å². The molecule has 0 aromatic carbocycles. The number of rotatable bonds is 9. The minimum absolute atomic E-state index is 0.0856. The fraction of sp³-hybridized carbons (Fsp3) is 0.559. The van der Waals surface area contributed by atoms with Gasteiger partial charge in [0.1, 0.15) is 0 Å². The van der Waals surface area contributed by atoms with E-state index in [9.17, 15) is 22.8 Å². The monoisotopic (exact) mass is 720 g/mol. The van der Waals surface area contributed by atoms with E-state index in [2.05, 4.69) is 15.5 Å². The molecular weight excluding hydrogens is 673 g/mol. The minimum Gasteiger partial charge on any atom is -0.317 e. The average Bonchev–Trinajstić information content (AvgIpc) is 3.81. The number of piperazine rings is 1. The van der Waals surface area contributed by atoms with Gasteiger partial charge in [0.25, 0.3) is 0 Å². The van der Waals surface area contributed by atoms with Crippen molar-refractivity contribution in [1.82, 2.24) is 20.4 Å². The molecule has 0 spiro atoms. The molecule has 6 heterocycles. The van der Waals surface area contributed by atoms with Crippen molar-refractivity contribution in [2.75, 3.05) is 77.0 Å². The Morgan fingerprint density at radius 1 is 0.638 bits per heavy atom. The van der Waals surface area contributed by atoms with Gasteiger partial charge < -0.3 is 10.6 Å². The fourth-order valence-corrected chi connectivity index (χ4v) is 9.23. The molecule has 0 unspecified atom stereocenters. The smallest absolute Gasteiger partial charge is 0.186 e. The molecule has 258 valence electrons. The van der Waals surface area contributed by atoms with E-state index in [1.54, 1.807) is 22.7 Å². The summed E-state index contributed by atoms with van der Waals surface area (Å²) in [6.45, 7) is 14.0. The lowest BCUT2D eigenvalue weighted by molar-refractivity contribution is 0.0921. The number of aryl methyl sites for hydroxylation is 3. The van der Waals surface area contributed by atoms with E-state index in [0.717, 1.165) is 78.0 Å². The van der Waals surface area contributed by atoms with Crippen molar-refractivity contribution < 1.29 is 22.8 Å². The van der Waals surface area contributed by atoms with Crippen molar-refractivity contribution in [1.29, 1.82) is 0 Å². The summed E-state index contributed by atoms with van der Waals surface area (Å²) in [5.74, 6) is 1.62. The van der Waals surface area contributed by atoms with E-state index < -0.39 is 9.84 Å². The number of thiophene rings is 3. The molecule has 9 nitrogen and oxygen atoms in total. The second-order valence-electron chi connectivity index (χ2n) is 12.4. The molecule has 0 amide bonds. The third-order valence-corrected chi connectivity index (χ3v) is 13.1. The Morgan fingerprint density at radius 3 is 1.47 bits per heavy atom. The lowest BCUT2D eigenvalue weighted by Crippen LogP contribution is -2.45. The van der Waals surface area contributed by atoms with Crippen LogP contribution in [0.15, 0.2) is 36.4 Å². The largest absolute Gasteiger partial charge is 0.317 e. The van der Waals surface area contributed by atoms with Gasteiger partial charge in [-0.3, -0.25) is 24.2 Å². The molecule has 0 aliphatic carbocycles. The van der Waals surface area contributed by atoms with Crippen LogP contribution in [0, 0.1) is 26.7 Å². The van der Waals surface area contributed by atoms with Gasteiger partial charge in [-0.2, -0.15) is 0 Å². The third kappa shape index (κ3) is 13.0. The predicted molar refractivity (Wildman–Crippen MR) is 195 cm³/mol. The summed E-state index contributed by atoms with van der Waals surface area (Å²) < 4.78 is 22.5. The predicted octanol–water partition coefficient (Wildman–Crippen LogP) is 4.74. The lowest BCUT2D eigenvalue weighted by Gasteiger charge is -2.26. The average molecular weight is 721 g/mol. The maximum absolute atomic E-state index is 11.9. The Hall–Kier alpha value is -2.10. The maximum Gasteiger partial charge on any atom is 0.186 e. The number of carbonyl (C=O) groups is 3. The zero-order chi connectivity index (χ0) is 33.8. The van der Waals surface area contributed by atoms with Crippen LogP contribution in [-0.2, 0) is 9.84 Å². The highest BCUT2D eigenvalue weighted by Gasteiger charge is 2.24. The zero-order valence-corrected chi connectivity index (χ0v) is 31.0. The van der Waals surface area contributed by atoms with Gasteiger partial charge in [-0.25, -0.2) is 8.42 Å². The highest BCUT2D eigenvalue weighted by Crippen LogP contribution is 2.23. The van der Waals surface area contributed by atoms with Crippen molar-refractivity contribution in [3.05, 3.63) is 65.7 Å². The Balaban J connectivity index is 0.000000160. The molecule has 0 bridgehead atoms. The first-order chi connectivity index (χ1) is 22.5. The van der Waals surface area contributed by atoms with Crippen LogP contribution in [0.25, 0.3) is 0 Å². The number of piperidine rings is 1. The number of nitrogens with one attached hydrogen (secondary N) is 2. The standard InChI is InChI=1S/C12H17NOS.C11H16N2OS.C11H15NO3S2/c1-9-2-3-12(15-9)11(14)8-10-4-6-13-7-5-10;1-9-2-3-11(15-9)10(14)8-13-6-4-12-5-7-13;1-9-2-3-11(16-9)10(13)8-12-4-6-17(14,15)7-5-12/h2-3,10,13H,4-8H2,1H3;2-3,12H,4-8H2,1H3;2-3H,4-8H2,1H3. The molecule has 0 radical (unpaired) electrons. The lowest BCUT2D eigenvalue weighted by atomic mass is 9.92. The molecule has 3 aliphatic rings. The Morgan fingerprint density at radius 2 is 1.04 bits per heavy atom. The highest BCUT2D eigenvalue weighted by molar-refractivity contribution is 7.91. The molecule has 13 heteroatoms. The topological polar surface area (TPSA) is 116 Å². The van der Waals surface area contributed by atoms with Gasteiger partial charge >= 0.3 is 0 Å². The van der Waals surface area contributed by atoms with Crippen LogP contribution in [0.4, 0.5) is 0 Å². The van der Waals surface area contributed by atoms with Crippen LogP contribution in [-0.4, -0.2) is 113 Å². The minimum atomic E-state index is -2.86. The molecule has 3 aliphatic heterocycles. The first-order valence-electron chi connectivity index (χ1n) is 16.3. The molecule has 2 N–H and O–H groups in total. The number of nitrogens with zero attached hydrogens (tertiary/aromatic N) is 2. The van der Waals surface area contributed by atoms with Crippen molar-refractivity contribution in [2.24, 2.45) is 5.92 Å². The number of carbonyl (C=O) groups excluding carboxylic acids is 3. The first-order valence-corrected chi connectivity index (χ1v) is 20.6. The van der Waals surface area contributed by atoms with Crippen LogP contribution >= 0.6 is 34.0 Å². The number of sulfone groups is 1. The molecule has 3 saturated heterocycles. The van der Waals surface area contributed by atoms with Crippen molar-refractivity contribution >= 4 is 61.2 Å². The van der Waals surface area contributed by atoms with E-state index in [0.29, 0.717) is 37.9 Å². The van der Waals surface area contributed by atoms with Gasteiger partial charge in [0, 0.05) is 60.3 Å². The van der Waals surface area contributed by atoms with Crippen LogP contribution in [0.3, 0.4) is 0 Å². The first kappa shape index (κ1) is 37.7. The molecular formula is C34H48N4O5S4. The number of Topliss-reactive ketones (excluding diaryl/α,β-unsaturated/α-hetero) is 3. The van der Waals surface area contributed by atoms with Crippen LogP contribution in [0.1, 0.15) is 62.9 Å². The maximum atomic E-state index is 11.9. The van der Waals surface area contributed by atoms with Gasteiger partial charge in [0.2, 0.25) is 0 Å². The molecule has 0 saturated carbocycles. The summed E-state index contributed by atoms with van der Waals surface area (Å²) >= 11 is 4.70. The van der Waals surface area contributed by atoms with Crippen LogP contribution < -0.4 is 10.6 Å². The molecule has 3 aromatic heterocycles. The number of ketones is 3. The van der Waals surface area contributed by atoms with Crippen molar-refractivity contribution in [3.8, 4) is 0 Å². The fourth-order valence-electron chi connectivity index (χ4n) is 5.54.